The summed E-state index contributed by atoms with van der Waals surface area (Å²) in [5.41, 5.74) is 8.30. The summed E-state index contributed by atoms with van der Waals surface area (Å²) in [5.74, 6) is 0. The first-order valence-electron chi connectivity index (χ1n) is 6.24. The first kappa shape index (κ1) is 12.5. The zero-order valence-corrected chi connectivity index (χ0v) is 10.8. The summed E-state index contributed by atoms with van der Waals surface area (Å²) in [6.07, 6.45) is 1.87. The summed E-state index contributed by atoms with van der Waals surface area (Å²) < 4.78 is 0. The molecule has 0 amide bonds. The first-order chi connectivity index (χ1) is 8.20. The largest absolute Gasteiger partial charge is 0.329 e. The molecule has 0 bridgehead atoms. The molecule has 1 aliphatic heterocycles. The van der Waals surface area contributed by atoms with Crippen molar-refractivity contribution in [3.05, 3.63) is 29.6 Å². The van der Waals surface area contributed by atoms with E-state index >= 15 is 0 Å². The number of aromatic nitrogens is 1. The lowest BCUT2D eigenvalue weighted by Crippen LogP contribution is -2.54. The molecule has 1 aromatic rings. The number of rotatable bonds is 3. The van der Waals surface area contributed by atoms with E-state index in [1.54, 1.807) is 0 Å². The van der Waals surface area contributed by atoms with Gasteiger partial charge in [-0.1, -0.05) is 6.07 Å². The molecule has 17 heavy (non-hydrogen) atoms. The lowest BCUT2D eigenvalue weighted by Gasteiger charge is -2.39. The van der Waals surface area contributed by atoms with Crippen molar-refractivity contribution in [1.82, 2.24) is 14.8 Å². The minimum atomic E-state index is 0.454. The second kappa shape index (κ2) is 5.58. The highest BCUT2D eigenvalue weighted by atomic mass is 15.3. The van der Waals surface area contributed by atoms with Crippen molar-refractivity contribution in [3.63, 3.8) is 0 Å². The Balaban J connectivity index is 2.05. The van der Waals surface area contributed by atoms with Crippen LogP contribution in [0.1, 0.15) is 11.3 Å². The number of likely N-dealkylation sites (N-methyl/N-ethyl adjacent to an activating group) is 1. The van der Waals surface area contributed by atoms with Crippen molar-refractivity contribution in [2.75, 3.05) is 33.2 Å². The Hall–Kier alpha value is -0.970. The van der Waals surface area contributed by atoms with Gasteiger partial charge in [-0.25, -0.2) is 0 Å². The first-order valence-corrected chi connectivity index (χ1v) is 6.24. The van der Waals surface area contributed by atoms with E-state index in [1.165, 1.54) is 11.3 Å². The molecule has 1 saturated heterocycles. The molecule has 4 nitrogen and oxygen atoms in total. The average molecular weight is 234 g/mol. The van der Waals surface area contributed by atoms with Gasteiger partial charge in [-0.15, -0.1) is 0 Å². The standard InChI is InChI=1S/C13H22N4/c1-11-4-3-5-15-13(11)10-17-7-6-16(2)9-12(17)8-14/h3-5,12H,6-10,14H2,1-2H3. The van der Waals surface area contributed by atoms with Gasteiger partial charge in [0.25, 0.3) is 0 Å². The third-order valence-corrected chi connectivity index (χ3v) is 3.55. The number of nitrogens with two attached hydrogens (primary N) is 1. The van der Waals surface area contributed by atoms with Gasteiger partial charge in [-0.05, 0) is 25.6 Å². The average Bonchev–Trinajstić information content (AvgIpc) is 2.34. The fraction of sp³-hybridized carbons (Fsp3) is 0.615. The number of aryl methyl sites for hydroxylation is 1. The van der Waals surface area contributed by atoms with Crippen LogP contribution in [-0.2, 0) is 6.54 Å². The second-order valence-electron chi connectivity index (χ2n) is 4.89. The van der Waals surface area contributed by atoms with E-state index in [9.17, 15) is 0 Å². The fourth-order valence-electron chi connectivity index (χ4n) is 2.36. The Bertz CT molecular complexity index is 366. The highest BCUT2D eigenvalue weighted by molar-refractivity contribution is 5.17. The normalized spacial score (nSPS) is 22.9. The summed E-state index contributed by atoms with van der Waals surface area (Å²) in [6, 6.07) is 4.56. The Morgan fingerprint density at radius 3 is 3.00 bits per heavy atom. The van der Waals surface area contributed by atoms with Gasteiger partial charge in [0.1, 0.15) is 0 Å². The monoisotopic (exact) mass is 234 g/mol. The second-order valence-corrected chi connectivity index (χ2v) is 4.89. The summed E-state index contributed by atoms with van der Waals surface area (Å²) in [6.45, 7) is 7.01. The summed E-state index contributed by atoms with van der Waals surface area (Å²) in [7, 11) is 2.16. The van der Waals surface area contributed by atoms with E-state index in [0.29, 0.717) is 6.04 Å². The predicted molar refractivity (Wildman–Crippen MR) is 69.7 cm³/mol. The third kappa shape index (κ3) is 3.03. The molecule has 1 aliphatic rings. The van der Waals surface area contributed by atoms with Crippen molar-refractivity contribution in [1.29, 1.82) is 0 Å². The molecule has 0 radical (unpaired) electrons. The van der Waals surface area contributed by atoms with Crippen LogP contribution in [0.3, 0.4) is 0 Å². The SMILES string of the molecule is Cc1cccnc1CN1CCN(C)CC1CN. The van der Waals surface area contributed by atoms with Crippen LogP contribution in [0, 0.1) is 6.92 Å². The van der Waals surface area contributed by atoms with Crippen LogP contribution < -0.4 is 5.73 Å². The number of hydrogen-bond acceptors (Lipinski definition) is 4. The number of piperazine rings is 1. The van der Waals surface area contributed by atoms with Crippen molar-refractivity contribution < 1.29 is 0 Å². The quantitative estimate of drug-likeness (QED) is 0.825. The van der Waals surface area contributed by atoms with E-state index < -0.39 is 0 Å². The maximum Gasteiger partial charge on any atom is 0.0573 e. The van der Waals surface area contributed by atoms with E-state index in [2.05, 4.69) is 34.8 Å². The van der Waals surface area contributed by atoms with E-state index in [0.717, 1.165) is 32.7 Å². The predicted octanol–water partition coefficient (Wildman–Crippen LogP) is 0.465. The summed E-state index contributed by atoms with van der Waals surface area (Å²) in [5, 5.41) is 0. The molecule has 4 heteroatoms. The van der Waals surface area contributed by atoms with Crippen molar-refractivity contribution >= 4 is 0 Å². The molecular weight excluding hydrogens is 212 g/mol. The van der Waals surface area contributed by atoms with Crippen molar-refractivity contribution in [3.8, 4) is 0 Å². The minimum absolute atomic E-state index is 0.454. The smallest absolute Gasteiger partial charge is 0.0573 e. The Kier molecular flexibility index (Phi) is 4.10. The van der Waals surface area contributed by atoms with Crippen LogP contribution in [0.4, 0.5) is 0 Å². The number of nitrogens with zero attached hydrogens (tertiary/aromatic N) is 3. The van der Waals surface area contributed by atoms with Gasteiger partial charge in [0.2, 0.25) is 0 Å². The fourth-order valence-corrected chi connectivity index (χ4v) is 2.36. The third-order valence-electron chi connectivity index (χ3n) is 3.55. The van der Waals surface area contributed by atoms with Gasteiger partial charge in [0.15, 0.2) is 0 Å². The highest BCUT2D eigenvalue weighted by Crippen LogP contribution is 2.13. The Labute approximate surface area is 103 Å². The minimum Gasteiger partial charge on any atom is -0.329 e. The van der Waals surface area contributed by atoms with Crippen LogP contribution in [-0.4, -0.2) is 54.1 Å². The molecule has 2 heterocycles. The number of hydrogen-bond donors (Lipinski definition) is 1. The van der Waals surface area contributed by atoms with Crippen molar-refractivity contribution in [2.24, 2.45) is 5.73 Å². The van der Waals surface area contributed by atoms with Crippen LogP contribution >= 0.6 is 0 Å². The van der Waals surface area contributed by atoms with E-state index in [4.69, 9.17) is 5.73 Å². The molecule has 2 N–H and O–H groups in total. The van der Waals surface area contributed by atoms with E-state index in [-0.39, 0.29) is 0 Å². The molecule has 0 aromatic carbocycles. The molecule has 1 atom stereocenters. The zero-order valence-electron chi connectivity index (χ0n) is 10.8. The van der Waals surface area contributed by atoms with Crippen LogP contribution in [0.5, 0.6) is 0 Å². The van der Waals surface area contributed by atoms with Gasteiger partial charge < -0.3 is 10.6 Å². The Morgan fingerprint density at radius 2 is 2.29 bits per heavy atom. The van der Waals surface area contributed by atoms with Crippen LogP contribution in [0.15, 0.2) is 18.3 Å². The zero-order chi connectivity index (χ0) is 12.3. The number of pyridine rings is 1. The maximum atomic E-state index is 5.86. The van der Waals surface area contributed by atoms with Gasteiger partial charge in [0, 0.05) is 45.0 Å². The van der Waals surface area contributed by atoms with Crippen LogP contribution in [0.25, 0.3) is 0 Å². The molecule has 1 fully saturated rings. The molecule has 1 unspecified atom stereocenters. The Morgan fingerprint density at radius 1 is 1.47 bits per heavy atom. The molecule has 0 aliphatic carbocycles. The molecule has 2 rings (SSSR count). The molecule has 0 spiro atoms. The highest BCUT2D eigenvalue weighted by Gasteiger charge is 2.24. The lowest BCUT2D eigenvalue weighted by molar-refractivity contribution is 0.0868. The molecule has 0 saturated carbocycles. The molecule has 1 aromatic heterocycles. The van der Waals surface area contributed by atoms with E-state index in [1.807, 2.05) is 12.3 Å². The van der Waals surface area contributed by atoms with Crippen LogP contribution in [0.2, 0.25) is 0 Å². The maximum absolute atomic E-state index is 5.86. The molecular formula is C13H22N4. The summed E-state index contributed by atoms with van der Waals surface area (Å²) >= 11 is 0. The van der Waals surface area contributed by atoms with Gasteiger partial charge >= 0.3 is 0 Å². The lowest BCUT2D eigenvalue weighted by atomic mass is 10.1. The van der Waals surface area contributed by atoms with Gasteiger partial charge in [0.05, 0.1) is 5.69 Å². The van der Waals surface area contributed by atoms with Crippen molar-refractivity contribution in [2.45, 2.75) is 19.5 Å². The topological polar surface area (TPSA) is 45.4 Å². The van der Waals surface area contributed by atoms with Gasteiger partial charge in [-0.2, -0.15) is 0 Å². The van der Waals surface area contributed by atoms with Gasteiger partial charge in [-0.3, -0.25) is 9.88 Å². The summed E-state index contributed by atoms with van der Waals surface area (Å²) in [4.78, 5) is 9.26. The molecule has 94 valence electrons.